The van der Waals surface area contributed by atoms with Gasteiger partial charge in [0.1, 0.15) is 0 Å². The molecule has 0 radical (unpaired) electrons. The summed E-state index contributed by atoms with van der Waals surface area (Å²) in [5.41, 5.74) is 2.81. The standard InChI is InChI=1S/C23H28BrNO2/c1-26-20-12-6-11-19(22(20)27-2)23-13-7-10-18(14-23)25(16-21(23)24)15-17-8-4-3-5-9-17/h3-6,8-9,11-12,18,21H,7,10,13-16H2,1-2H3/t18-,21-,23+/m1/s1. The summed E-state index contributed by atoms with van der Waals surface area (Å²) in [5, 5.41) is 0. The number of benzene rings is 2. The van der Waals surface area contributed by atoms with Crippen LogP contribution < -0.4 is 9.47 Å². The van der Waals surface area contributed by atoms with E-state index in [0.717, 1.165) is 24.6 Å². The molecule has 0 N–H and O–H groups in total. The number of halogens is 1. The molecule has 0 spiro atoms. The minimum Gasteiger partial charge on any atom is -0.493 e. The molecule has 4 rings (SSSR count). The molecule has 4 heteroatoms. The Morgan fingerprint density at radius 2 is 1.89 bits per heavy atom. The predicted molar refractivity (Wildman–Crippen MR) is 113 cm³/mol. The molecule has 27 heavy (non-hydrogen) atoms. The summed E-state index contributed by atoms with van der Waals surface area (Å²) in [7, 11) is 3.48. The highest BCUT2D eigenvalue weighted by atomic mass is 79.9. The number of rotatable bonds is 5. The Labute approximate surface area is 170 Å². The van der Waals surface area contributed by atoms with Gasteiger partial charge in [-0.1, -0.05) is 64.8 Å². The van der Waals surface area contributed by atoms with E-state index < -0.39 is 0 Å². The van der Waals surface area contributed by atoms with Gasteiger partial charge in [-0.25, -0.2) is 0 Å². The molecule has 1 aliphatic carbocycles. The lowest BCUT2D eigenvalue weighted by Gasteiger charge is -2.54. The molecular formula is C23H28BrNO2. The fourth-order valence-corrected chi connectivity index (χ4v) is 6.14. The quantitative estimate of drug-likeness (QED) is 0.612. The van der Waals surface area contributed by atoms with Crippen molar-refractivity contribution in [3.63, 3.8) is 0 Å². The van der Waals surface area contributed by atoms with Gasteiger partial charge in [-0.3, -0.25) is 4.90 Å². The first-order chi connectivity index (χ1) is 13.2. The van der Waals surface area contributed by atoms with Gasteiger partial charge in [-0.15, -0.1) is 0 Å². The van der Waals surface area contributed by atoms with Crippen molar-refractivity contribution in [1.29, 1.82) is 0 Å². The van der Waals surface area contributed by atoms with Crippen LogP contribution in [0.15, 0.2) is 48.5 Å². The van der Waals surface area contributed by atoms with Gasteiger partial charge in [0, 0.05) is 34.9 Å². The Morgan fingerprint density at radius 3 is 2.63 bits per heavy atom. The van der Waals surface area contributed by atoms with Crippen molar-refractivity contribution in [1.82, 2.24) is 4.90 Å². The molecule has 2 aromatic carbocycles. The van der Waals surface area contributed by atoms with Crippen molar-refractivity contribution in [3.8, 4) is 11.5 Å². The first-order valence-electron chi connectivity index (χ1n) is 9.81. The summed E-state index contributed by atoms with van der Waals surface area (Å²) in [6, 6.07) is 17.8. The number of fused-ring (bicyclic) bond motifs is 2. The van der Waals surface area contributed by atoms with Crippen LogP contribution in [-0.4, -0.2) is 36.5 Å². The van der Waals surface area contributed by atoms with E-state index in [2.05, 4.69) is 63.3 Å². The second-order valence-electron chi connectivity index (χ2n) is 7.83. The van der Waals surface area contributed by atoms with Crippen molar-refractivity contribution in [2.24, 2.45) is 0 Å². The first-order valence-corrected chi connectivity index (χ1v) is 10.7. The minimum absolute atomic E-state index is 0.107. The number of methoxy groups -OCH3 is 2. The van der Waals surface area contributed by atoms with E-state index in [1.807, 2.05) is 6.07 Å². The van der Waals surface area contributed by atoms with Crippen molar-refractivity contribution < 1.29 is 9.47 Å². The van der Waals surface area contributed by atoms with Gasteiger partial charge in [-0.2, -0.15) is 0 Å². The molecular weight excluding hydrogens is 402 g/mol. The Kier molecular flexibility index (Phi) is 5.47. The van der Waals surface area contributed by atoms with Gasteiger partial charge < -0.3 is 9.47 Å². The van der Waals surface area contributed by atoms with E-state index >= 15 is 0 Å². The number of hydrogen-bond acceptors (Lipinski definition) is 3. The van der Waals surface area contributed by atoms with Gasteiger partial charge in [0.25, 0.3) is 0 Å². The highest BCUT2D eigenvalue weighted by Crippen LogP contribution is 2.53. The van der Waals surface area contributed by atoms with E-state index in [1.54, 1.807) is 14.2 Å². The molecule has 1 aliphatic heterocycles. The van der Waals surface area contributed by atoms with E-state index in [-0.39, 0.29) is 5.41 Å². The maximum Gasteiger partial charge on any atom is 0.164 e. The summed E-state index contributed by atoms with van der Waals surface area (Å²) in [5.74, 6) is 1.74. The Morgan fingerprint density at radius 1 is 1.07 bits per heavy atom. The Balaban J connectivity index is 1.66. The second kappa shape index (κ2) is 7.84. The fourth-order valence-electron chi connectivity index (χ4n) is 5.11. The maximum atomic E-state index is 5.82. The molecule has 0 unspecified atom stereocenters. The number of alkyl halides is 1. The lowest BCUT2D eigenvalue weighted by molar-refractivity contribution is 0.0520. The number of para-hydroxylation sites is 1. The zero-order valence-electron chi connectivity index (χ0n) is 16.2. The zero-order valence-corrected chi connectivity index (χ0v) is 17.7. The summed E-state index contributed by atoms with van der Waals surface area (Å²) >= 11 is 4.10. The largest absolute Gasteiger partial charge is 0.493 e. The molecule has 144 valence electrons. The van der Waals surface area contributed by atoms with Gasteiger partial charge >= 0.3 is 0 Å². The average molecular weight is 430 g/mol. The molecule has 0 aromatic heterocycles. The summed E-state index contributed by atoms with van der Waals surface area (Å²) in [6.07, 6.45) is 4.89. The molecule has 1 saturated heterocycles. The van der Waals surface area contributed by atoms with E-state index in [9.17, 15) is 0 Å². The normalized spacial score (nSPS) is 28.0. The van der Waals surface area contributed by atoms with Crippen LogP contribution in [0.3, 0.4) is 0 Å². The van der Waals surface area contributed by atoms with Crippen molar-refractivity contribution >= 4 is 15.9 Å². The average Bonchev–Trinajstić information content (AvgIpc) is 2.72. The third-order valence-electron chi connectivity index (χ3n) is 6.44. The number of ether oxygens (including phenoxy) is 2. The zero-order chi connectivity index (χ0) is 18.9. The SMILES string of the molecule is COc1cccc([C@]23CCC[C@H](C2)N(Cc2ccccc2)C[C@H]3Br)c1OC. The smallest absolute Gasteiger partial charge is 0.164 e. The molecule has 1 heterocycles. The highest BCUT2D eigenvalue weighted by Gasteiger charge is 2.50. The van der Waals surface area contributed by atoms with Crippen molar-refractivity contribution in [3.05, 3.63) is 59.7 Å². The molecule has 2 fully saturated rings. The van der Waals surface area contributed by atoms with Crippen LogP contribution in [0.25, 0.3) is 0 Å². The van der Waals surface area contributed by atoms with Crippen LogP contribution in [0.5, 0.6) is 11.5 Å². The molecule has 1 saturated carbocycles. The fraction of sp³-hybridized carbons (Fsp3) is 0.478. The third kappa shape index (κ3) is 3.38. The third-order valence-corrected chi connectivity index (χ3v) is 7.60. The van der Waals surface area contributed by atoms with Crippen LogP contribution in [-0.2, 0) is 12.0 Å². The van der Waals surface area contributed by atoms with Crippen molar-refractivity contribution in [2.45, 2.75) is 48.5 Å². The van der Waals surface area contributed by atoms with Crippen LogP contribution in [0, 0.1) is 0 Å². The van der Waals surface area contributed by atoms with Crippen LogP contribution in [0.1, 0.15) is 36.8 Å². The maximum absolute atomic E-state index is 5.82. The van der Waals surface area contributed by atoms with E-state index in [1.165, 1.54) is 36.8 Å². The van der Waals surface area contributed by atoms with Crippen LogP contribution in [0.2, 0.25) is 0 Å². The molecule has 3 atom stereocenters. The monoisotopic (exact) mass is 429 g/mol. The molecule has 0 amide bonds. The van der Waals surface area contributed by atoms with Gasteiger partial charge in [0.2, 0.25) is 0 Å². The second-order valence-corrected chi connectivity index (χ2v) is 8.94. The lowest BCUT2D eigenvalue weighted by atomic mass is 9.63. The van der Waals surface area contributed by atoms with E-state index in [4.69, 9.17) is 9.47 Å². The number of likely N-dealkylation sites (tertiary alicyclic amines) is 1. The molecule has 2 aliphatic rings. The first kappa shape index (κ1) is 18.8. The lowest BCUT2D eigenvalue weighted by Crippen LogP contribution is -2.57. The Hall–Kier alpha value is -1.52. The van der Waals surface area contributed by atoms with Crippen molar-refractivity contribution in [2.75, 3.05) is 20.8 Å². The molecule has 2 bridgehead atoms. The van der Waals surface area contributed by atoms with Gasteiger partial charge in [0.05, 0.1) is 14.2 Å². The summed E-state index contributed by atoms with van der Waals surface area (Å²) in [4.78, 5) is 3.06. The predicted octanol–water partition coefficient (Wildman–Crippen LogP) is 5.16. The number of hydrogen-bond donors (Lipinski definition) is 0. The van der Waals surface area contributed by atoms with Crippen LogP contribution >= 0.6 is 15.9 Å². The van der Waals surface area contributed by atoms with E-state index in [0.29, 0.717) is 10.9 Å². The summed E-state index contributed by atoms with van der Waals surface area (Å²) in [6.45, 7) is 2.08. The van der Waals surface area contributed by atoms with Gasteiger partial charge in [-0.05, 0) is 30.9 Å². The number of nitrogens with zero attached hydrogens (tertiary/aromatic N) is 1. The molecule has 2 aromatic rings. The molecule has 3 nitrogen and oxygen atoms in total. The minimum atomic E-state index is 0.107. The Bertz CT molecular complexity index is 781. The number of piperidine rings is 1. The van der Waals surface area contributed by atoms with Crippen LogP contribution in [0.4, 0.5) is 0 Å². The van der Waals surface area contributed by atoms with Gasteiger partial charge in [0.15, 0.2) is 11.5 Å². The topological polar surface area (TPSA) is 21.7 Å². The summed E-state index contributed by atoms with van der Waals surface area (Å²) < 4.78 is 11.4. The highest BCUT2D eigenvalue weighted by molar-refractivity contribution is 9.09.